The zero-order chi connectivity index (χ0) is 18.6. The van der Waals surface area contributed by atoms with Gasteiger partial charge in [-0.25, -0.2) is 8.42 Å². The van der Waals surface area contributed by atoms with E-state index in [1.165, 1.54) is 0 Å². The van der Waals surface area contributed by atoms with E-state index in [4.69, 9.17) is 4.74 Å². The third-order valence-corrected chi connectivity index (χ3v) is 6.12. The highest BCUT2D eigenvalue weighted by atomic mass is 32.2. The van der Waals surface area contributed by atoms with Crippen molar-refractivity contribution in [3.8, 4) is 17.2 Å². The number of rotatable bonds is 5. The fourth-order valence-electron chi connectivity index (χ4n) is 2.84. The van der Waals surface area contributed by atoms with Gasteiger partial charge in [-0.1, -0.05) is 42.5 Å². The minimum Gasteiger partial charge on any atom is -0.460 e. The molecule has 2 aromatic rings. The highest BCUT2D eigenvalue weighted by Crippen LogP contribution is 2.23. The number of hydrogen-bond acceptors (Lipinski definition) is 5. The van der Waals surface area contributed by atoms with Crippen LogP contribution in [0.3, 0.4) is 0 Å². The third-order valence-electron chi connectivity index (χ3n) is 4.22. The van der Waals surface area contributed by atoms with E-state index in [-0.39, 0.29) is 18.9 Å². The predicted octanol–water partition coefficient (Wildman–Crippen LogP) is 2.30. The number of carbonyl (C=O) groups excluding carboxylic acids is 1. The van der Waals surface area contributed by atoms with Crippen LogP contribution in [0.25, 0.3) is 11.1 Å². The van der Waals surface area contributed by atoms with Gasteiger partial charge in [-0.05, 0) is 29.2 Å². The average molecular weight is 370 g/mol. The molecule has 0 radical (unpaired) electrons. The van der Waals surface area contributed by atoms with Gasteiger partial charge in [0.05, 0.1) is 17.4 Å². The van der Waals surface area contributed by atoms with Gasteiger partial charge >= 0.3 is 5.97 Å². The molecule has 0 unspecified atom stereocenters. The Labute approximate surface area is 152 Å². The normalized spacial score (nSPS) is 16.1. The van der Waals surface area contributed by atoms with Crippen LogP contribution in [0.15, 0.2) is 48.5 Å². The lowest BCUT2D eigenvalue weighted by molar-refractivity contribution is -0.145. The first-order valence-corrected chi connectivity index (χ1v) is 9.82. The summed E-state index contributed by atoms with van der Waals surface area (Å²) >= 11 is 0. The molecule has 134 valence electrons. The van der Waals surface area contributed by atoms with Crippen molar-refractivity contribution in [2.24, 2.45) is 0 Å². The first-order valence-electron chi connectivity index (χ1n) is 8.21. The molecule has 0 N–H and O–H groups in total. The van der Waals surface area contributed by atoms with Gasteiger partial charge in [0.25, 0.3) is 0 Å². The average Bonchev–Trinajstić information content (AvgIpc) is 2.98. The Balaban J connectivity index is 1.60. The first-order chi connectivity index (χ1) is 12.5. The van der Waals surface area contributed by atoms with Gasteiger partial charge in [-0.15, -0.1) is 0 Å². The topological polar surface area (TPSA) is 87.5 Å². The van der Waals surface area contributed by atoms with E-state index in [0.29, 0.717) is 18.5 Å². The molecule has 0 aliphatic carbocycles. The van der Waals surface area contributed by atoms with Gasteiger partial charge in [0.1, 0.15) is 13.2 Å². The maximum atomic E-state index is 11.9. The molecule has 1 saturated heterocycles. The molecule has 6 nitrogen and oxygen atoms in total. The van der Waals surface area contributed by atoms with Crippen LogP contribution >= 0.6 is 0 Å². The minimum atomic E-state index is -3.30. The van der Waals surface area contributed by atoms with Crippen molar-refractivity contribution in [1.82, 2.24) is 4.31 Å². The maximum absolute atomic E-state index is 11.9. The second-order valence-corrected chi connectivity index (χ2v) is 8.11. The lowest BCUT2D eigenvalue weighted by atomic mass is 9.99. The van der Waals surface area contributed by atoms with Crippen LogP contribution in [0.4, 0.5) is 0 Å². The molecule has 1 aliphatic heterocycles. The van der Waals surface area contributed by atoms with Crippen molar-refractivity contribution in [2.75, 3.05) is 18.8 Å². The number of nitriles is 1. The molecule has 3 rings (SSSR count). The Hall–Kier alpha value is -2.69. The van der Waals surface area contributed by atoms with Crippen molar-refractivity contribution in [1.29, 1.82) is 5.26 Å². The SMILES string of the molecule is N#Cc1ccccc1-c1ccc(COC(=O)CN2CCCS2(=O)=O)cc1. The second-order valence-electron chi connectivity index (χ2n) is 6.02. The van der Waals surface area contributed by atoms with E-state index in [0.717, 1.165) is 21.0 Å². The van der Waals surface area contributed by atoms with Gasteiger partial charge in [0.2, 0.25) is 10.0 Å². The Bertz CT molecular complexity index is 946. The van der Waals surface area contributed by atoms with E-state index in [1.54, 1.807) is 6.07 Å². The van der Waals surface area contributed by atoms with Crippen molar-refractivity contribution >= 4 is 16.0 Å². The zero-order valence-corrected chi connectivity index (χ0v) is 14.9. The van der Waals surface area contributed by atoms with Crippen molar-refractivity contribution in [2.45, 2.75) is 13.0 Å². The maximum Gasteiger partial charge on any atom is 0.321 e. The van der Waals surface area contributed by atoms with Gasteiger partial charge in [0.15, 0.2) is 0 Å². The van der Waals surface area contributed by atoms with Crippen LogP contribution in [-0.2, 0) is 26.2 Å². The number of nitrogens with zero attached hydrogens (tertiary/aromatic N) is 2. The molecule has 1 aliphatic rings. The van der Waals surface area contributed by atoms with E-state index < -0.39 is 16.0 Å². The van der Waals surface area contributed by atoms with Gasteiger partial charge in [0, 0.05) is 6.54 Å². The molecule has 7 heteroatoms. The van der Waals surface area contributed by atoms with Crippen molar-refractivity contribution in [3.05, 3.63) is 59.7 Å². The fraction of sp³-hybridized carbons (Fsp3) is 0.263. The molecular formula is C19H18N2O4S. The lowest BCUT2D eigenvalue weighted by Crippen LogP contribution is -2.32. The van der Waals surface area contributed by atoms with E-state index >= 15 is 0 Å². The third kappa shape index (κ3) is 4.10. The molecule has 1 heterocycles. The summed E-state index contributed by atoms with van der Waals surface area (Å²) in [6.07, 6.45) is 0.543. The molecule has 2 aromatic carbocycles. The standard InChI is InChI=1S/C19H18N2O4S/c20-12-17-4-1-2-5-18(17)16-8-6-15(7-9-16)14-25-19(22)13-21-10-3-11-26(21,23)24/h1-2,4-9H,3,10-11,13-14H2. The molecule has 0 aromatic heterocycles. The van der Waals surface area contributed by atoms with Crippen LogP contribution < -0.4 is 0 Å². The Kier molecular flexibility index (Phi) is 5.35. The quantitative estimate of drug-likeness (QED) is 0.754. The minimum absolute atomic E-state index is 0.0763. The summed E-state index contributed by atoms with van der Waals surface area (Å²) in [5.41, 5.74) is 3.14. The first kappa shape index (κ1) is 18.1. The largest absolute Gasteiger partial charge is 0.460 e. The van der Waals surface area contributed by atoms with E-state index in [9.17, 15) is 18.5 Å². The number of carbonyl (C=O) groups is 1. The summed E-state index contributed by atoms with van der Waals surface area (Å²) in [5, 5.41) is 9.18. The number of ether oxygens (including phenoxy) is 1. The summed E-state index contributed by atoms with van der Waals surface area (Å²) < 4.78 is 29.7. The molecule has 0 saturated carbocycles. The summed E-state index contributed by atoms with van der Waals surface area (Å²) in [5.74, 6) is -0.472. The predicted molar refractivity (Wildman–Crippen MR) is 96.4 cm³/mol. The van der Waals surface area contributed by atoms with Gasteiger partial charge in [-0.2, -0.15) is 9.57 Å². The Morgan fingerprint density at radius 3 is 2.54 bits per heavy atom. The summed E-state index contributed by atoms with van der Waals surface area (Å²) in [4.78, 5) is 11.9. The van der Waals surface area contributed by atoms with Crippen LogP contribution in [0.2, 0.25) is 0 Å². The fourth-order valence-corrected chi connectivity index (χ4v) is 4.30. The van der Waals surface area contributed by atoms with E-state index in [1.807, 2.05) is 42.5 Å². The van der Waals surface area contributed by atoms with Gasteiger partial charge < -0.3 is 4.74 Å². The Morgan fingerprint density at radius 1 is 1.15 bits per heavy atom. The highest BCUT2D eigenvalue weighted by Gasteiger charge is 2.30. The Morgan fingerprint density at radius 2 is 1.88 bits per heavy atom. The molecule has 0 spiro atoms. The van der Waals surface area contributed by atoms with Gasteiger partial charge in [-0.3, -0.25) is 4.79 Å². The molecule has 26 heavy (non-hydrogen) atoms. The van der Waals surface area contributed by atoms with Crippen LogP contribution in [0.5, 0.6) is 0 Å². The highest BCUT2D eigenvalue weighted by molar-refractivity contribution is 7.89. The molecule has 0 bridgehead atoms. The zero-order valence-electron chi connectivity index (χ0n) is 14.1. The van der Waals surface area contributed by atoms with E-state index in [2.05, 4.69) is 6.07 Å². The summed E-state index contributed by atoms with van der Waals surface area (Å²) in [6, 6.07) is 16.9. The smallest absolute Gasteiger partial charge is 0.321 e. The van der Waals surface area contributed by atoms with Crippen LogP contribution in [0, 0.1) is 11.3 Å². The number of benzene rings is 2. The lowest BCUT2D eigenvalue weighted by Gasteiger charge is -2.13. The van der Waals surface area contributed by atoms with Crippen molar-refractivity contribution < 1.29 is 17.9 Å². The number of hydrogen-bond donors (Lipinski definition) is 0. The monoisotopic (exact) mass is 370 g/mol. The molecule has 0 amide bonds. The van der Waals surface area contributed by atoms with Crippen LogP contribution in [-0.4, -0.2) is 37.5 Å². The summed E-state index contributed by atoms with van der Waals surface area (Å²) in [6.45, 7) is 0.202. The summed E-state index contributed by atoms with van der Waals surface area (Å²) in [7, 11) is -3.30. The molecule has 1 fully saturated rings. The number of esters is 1. The number of sulfonamides is 1. The second kappa shape index (κ2) is 7.68. The van der Waals surface area contributed by atoms with Crippen molar-refractivity contribution in [3.63, 3.8) is 0 Å². The van der Waals surface area contributed by atoms with Crippen LogP contribution in [0.1, 0.15) is 17.5 Å². The molecular weight excluding hydrogens is 352 g/mol. The molecule has 0 atom stereocenters.